The molecule has 2 heteroatoms. The molecule has 0 aromatic carbocycles. The predicted molar refractivity (Wildman–Crippen MR) is 30.1 cm³/mol. The molecule has 0 saturated heterocycles. The van der Waals surface area contributed by atoms with Crippen molar-refractivity contribution in [1.29, 1.82) is 0 Å². The second-order valence-corrected chi connectivity index (χ2v) is 1.27. The highest BCUT2D eigenvalue weighted by molar-refractivity contribution is 5.92. The van der Waals surface area contributed by atoms with Crippen molar-refractivity contribution in [2.75, 3.05) is 0 Å². The molecule has 43 valence electrons. The van der Waals surface area contributed by atoms with Crippen LogP contribution < -0.4 is 0 Å². The molecule has 0 aliphatic rings. The third-order valence-corrected chi connectivity index (χ3v) is 0.686. The Bertz CT molecular complexity index is 114. The van der Waals surface area contributed by atoms with E-state index in [9.17, 15) is 9.59 Å². The van der Waals surface area contributed by atoms with Crippen LogP contribution in [0.2, 0.25) is 0 Å². The zero-order valence-electron chi connectivity index (χ0n) is 4.68. The first-order chi connectivity index (χ1) is 3.81. The zero-order chi connectivity index (χ0) is 6.41. The smallest absolute Gasteiger partial charge is 0.225 e. The van der Waals surface area contributed by atoms with Crippen molar-refractivity contribution in [3.8, 4) is 0 Å². The molecule has 0 atom stereocenters. The standard InChI is InChI=1S/C6H7O2/c1-2-6(8)4-3-5-7/h3-4H,2H2,1H3. The summed E-state index contributed by atoms with van der Waals surface area (Å²) < 4.78 is 0. The Balaban J connectivity index is 3.52. The highest BCUT2D eigenvalue weighted by atomic mass is 16.1. The van der Waals surface area contributed by atoms with E-state index in [1.165, 1.54) is 12.4 Å². The molecule has 0 aliphatic carbocycles. The molecular weight excluding hydrogens is 104 g/mol. The van der Waals surface area contributed by atoms with Crippen LogP contribution >= 0.6 is 0 Å². The molecule has 0 rings (SSSR count). The Morgan fingerprint density at radius 3 is 2.75 bits per heavy atom. The highest BCUT2D eigenvalue weighted by Gasteiger charge is 1.85. The van der Waals surface area contributed by atoms with Gasteiger partial charge in [0.05, 0.1) is 0 Å². The van der Waals surface area contributed by atoms with Crippen LogP contribution in [0.5, 0.6) is 0 Å². The minimum atomic E-state index is -0.0478. The molecule has 0 aromatic heterocycles. The monoisotopic (exact) mass is 111 g/mol. The molecule has 0 aliphatic heterocycles. The molecular formula is C6H7O2. The quantitative estimate of drug-likeness (QED) is 0.500. The number of hydrogen-bond donors (Lipinski definition) is 0. The third-order valence-electron chi connectivity index (χ3n) is 0.686. The lowest BCUT2D eigenvalue weighted by Gasteiger charge is -1.77. The zero-order valence-corrected chi connectivity index (χ0v) is 4.68. The lowest BCUT2D eigenvalue weighted by atomic mass is 10.3. The van der Waals surface area contributed by atoms with E-state index in [-0.39, 0.29) is 5.78 Å². The van der Waals surface area contributed by atoms with Crippen LogP contribution in [-0.2, 0) is 9.59 Å². The van der Waals surface area contributed by atoms with Gasteiger partial charge >= 0.3 is 0 Å². The van der Waals surface area contributed by atoms with E-state index in [1.54, 1.807) is 6.92 Å². The Labute approximate surface area is 48.2 Å². The van der Waals surface area contributed by atoms with Crippen molar-refractivity contribution in [2.45, 2.75) is 13.3 Å². The van der Waals surface area contributed by atoms with Crippen LogP contribution in [0.25, 0.3) is 0 Å². The van der Waals surface area contributed by atoms with Crippen LogP contribution in [0.4, 0.5) is 0 Å². The predicted octanol–water partition coefficient (Wildman–Crippen LogP) is 0.631. The molecule has 0 N–H and O–H groups in total. The van der Waals surface area contributed by atoms with E-state index in [4.69, 9.17) is 0 Å². The molecule has 0 aromatic rings. The van der Waals surface area contributed by atoms with Gasteiger partial charge in [0.1, 0.15) is 0 Å². The molecule has 0 bridgehead atoms. The van der Waals surface area contributed by atoms with E-state index in [0.29, 0.717) is 6.42 Å². The van der Waals surface area contributed by atoms with Crippen molar-refractivity contribution >= 4 is 12.1 Å². The largest absolute Gasteiger partial charge is 0.295 e. The Morgan fingerprint density at radius 1 is 1.75 bits per heavy atom. The fourth-order valence-corrected chi connectivity index (χ4v) is 0.245. The second kappa shape index (κ2) is 4.24. The number of hydrogen-bond acceptors (Lipinski definition) is 2. The number of carbonyl (C=O) groups excluding carboxylic acids is 2. The second-order valence-electron chi connectivity index (χ2n) is 1.27. The molecule has 0 saturated carbocycles. The van der Waals surface area contributed by atoms with Gasteiger partial charge in [0.2, 0.25) is 6.29 Å². The lowest BCUT2D eigenvalue weighted by Crippen LogP contribution is -1.86. The summed E-state index contributed by atoms with van der Waals surface area (Å²) in [6.45, 7) is 1.73. The number of ketones is 1. The minimum absolute atomic E-state index is 0.0478. The first kappa shape index (κ1) is 7.08. The molecule has 0 fully saturated rings. The Hall–Kier alpha value is -0.920. The summed E-state index contributed by atoms with van der Waals surface area (Å²) in [4.78, 5) is 19.8. The first-order valence-corrected chi connectivity index (χ1v) is 2.38. The normalized spacial score (nSPS) is 9.62. The van der Waals surface area contributed by atoms with Crippen molar-refractivity contribution in [3.63, 3.8) is 0 Å². The summed E-state index contributed by atoms with van der Waals surface area (Å²) in [5, 5.41) is 0. The third kappa shape index (κ3) is 3.28. The molecule has 0 heterocycles. The van der Waals surface area contributed by atoms with Gasteiger partial charge in [0.25, 0.3) is 0 Å². The van der Waals surface area contributed by atoms with Crippen LogP contribution in [0, 0.1) is 0 Å². The van der Waals surface area contributed by atoms with E-state index >= 15 is 0 Å². The molecule has 0 amide bonds. The fraction of sp³-hybridized carbons (Fsp3) is 0.333. The van der Waals surface area contributed by atoms with Gasteiger partial charge < -0.3 is 0 Å². The van der Waals surface area contributed by atoms with Gasteiger partial charge in [0, 0.05) is 6.42 Å². The summed E-state index contributed by atoms with van der Waals surface area (Å²) in [5.41, 5.74) is 0. The summed E-state index contributed by atoms with van der Waals surface area (Å²) in [6.07, 6.45) is 4.21. The van der Waals surface area contributed by atoms with Crippen LogP contribution in [0.15, 0.2) is 12.2 Å². The van der Waals surface area contributed by atoms with Gasteiger partial charge in [-0.05, 0) is 12.2 Å². The highest BCUT2D eigenvalue weighted by Crippen LogP contribution is 1.79. The van der Waals surface area contributed by atoms with Crippen molar-refractivity contribution in [1.82, 2.24) is 0 Å². The van der Waals surface area contributed by atoms with Gasteiger partial charge in [0.15, 0.2) is 5.78 Å². The fourth-order valence-electron chi connectivity index (χ4n) is 0.245. The Kier molecular flexibility index (Phi) is 3.76. The van der Waals surface area contributed by atoms with Crippen LogP contribution in [-0.4, -0.2) is 12.1 Å². The number of carbonyl (C=O) groups is 1. The summed E-state index contributed by atoms with van der Waals surface area (Å²) >= 11 is 0. The Morgan fingerprint density at radius 2 is 2.38 bits per heavy atom. The van der Waals surface area contributed by atoms with Gasteiger partial charge in [-0.15, -0.1) is 0 Å². The summed E-state index contributed by atoms with van der Waals surface area (Å²) in [5.74, 6) is -0.0478. The van der Waals surface area contributed by atoms with E-state index in [1.807, 2.05) is 0 Å². The van der Waals surface area contributed by atoms with Crippen molar-refractivity contribution in [2.24, 2.45) is 0 Å². The van der Waals surface area contributed by atoms with Gasteiger partial charge in [-0.25, -0.2) is 0 Å². The number of allylic oxidation sites excluding steroid dienone is 2. The van der Waals surface area contributed by atoms with Crippen molar-refractivity contribution in [3.05, 3.63) is 12.2 Å². The van der Waals surface area contributed by atoms with E-state index in [0.717, 1.165) is 6.08 Å². The average Bonchev–Trinajstić information content (AvgIpc) is 1.83. The van der Waals surface area contributed by atoms with Crippen LogP contribution in [0.1, 0.15) is 13.3 Å². The summed E-state index contributed by atoms with van der Waals surface area (Å²) in [6, 6.07) is 0. The van der Waals surface area contributed by atoms with E-state index in [2.05, 4.69) is 0 Å². The maximum absolute atomic E-state index is 10.3. The van der Waals surface area contributed by atoms with Gasteiger partial charge in [-0.3, -0.25) is 9.59 Å². The lowest BCUT2D eigenvalue weighted by molar-refractivity contribution is -0.114. The molecule has 0 unspecified atom stereocenters. The minimum Gasteiger partial charge on any atom is -0.295 e. The van der Waals surface area contributed by atoms with E-state index < -0.39 is 0 Å². The SMILES string of the molecule is CCC(=O)C=C[C]=O. The average molecular weight is 111 g/mol. The maximum Gasteiger partial charge on any atom is 0.225 e. The molecule has 8 heavy (non-hydrogen) atoms. The van der Waals surface area contributed by atoms with Gasteiger partial charge in [-0.2, -0.15) is 0 Å². The number of rotatable bonds is 3. The molecule has 1 radical (unpaired) electrons. The first-order valence-electron chi connectivity index (χ1n) is 2.38. The maximum atomic E-state index is 10.3. The van der Waals surface area contributed by atoms with Crippen molar-refractivity contribution < 1.29 is 9.59 Å². The van der Waals surface area contributed by atoms with Gasteiger partial charge in [-0.1, -0.05) is 6.92 Å². The molecule has 0 spiro atoms. The van der Waals surface area contributed by atoms with Crippen LogP contribution in [0.3, 0.4) is 0 Å². The molecule has 2 nitrogen and oxygen atoms in total. The summed E-state index contributed by atoms with van der Waals surface area (Å²) in [7, 11) is 0. The topological polar surface area (TPSA) is 34.1 Å².